The van der Waals surface area contributed by atoms with Gasteiger partial charge in [-0.3, -0.25) is 4.79 Å². The molecule has 0 radical (unpaired) electrons. The van der Waals surface area contributed by atoms with E-state index in [-0.39, 0.29) is 16.9 Å². The Labute approximate surface area is 213 Å². The van der Waals surface area contributed by atoms with Gasteiger partial charge in [-0.1, -0.05) is 26.8 Å². The Kier molecular flexibility index (Phi) is 6.08. The van der Waals surface area contributed by atoms with Crippen molar-refractivity contribution < 1.29 is 18.3 Å². The van der Waals surface area contributed by atoms with Crippen molar-refractivity contribution in [1.82, 2.24) is 0 Å². The van der Waals surface area contributed by atoms with E-state index < -0.39 is 11.8 Å². The van der Waals surface area contributed by atoms with Gasteiger partial charge in [0, 0.05) is 36.3 Å². The zero-order valence-corrected chi connectivity index (χ0v) is 22.1. The number of carbonyl (C=O) groups is 1. The monoisotopic (exact) mass is 496 g/mol. The number of rotatable bonds is 6. The van der Waals surface area contributed by atoms with E-state index in [1.54, 1.807) is 0 Å². The minimum Gasteiger partial charge on any atom is -0.487 e. The normalized spacial score (nSPS) is 24.9. The summed E-state index contributed by atoms with van der Waals surface area (Å²) in [4.78, 5) is 14.9. The lowest BCUT2D eigenvalue weighted by molar-refractivity contribution is -0.291. The number of halogens is 2. The molecule has 4 nitrogen and oxygen atoms in total. The van der Waals surface area contributed by atoms with E-state index in [9.17, 15) is 13.6 Å². The van der Waals surface area contributed by atoms with Crippen LogP contribution in [0.15, 0.2) is 30.3 Å². The average Bonchev–Trinajstić information content (AvgIpc) is 2.92. The predicted octanol–water partition coefficient (Wildman–Crippen LogP) is 7.20. The fourth-order valence-electron chi connectivity index (χ4n) is 6.36. The highest BCUT2D eigenvalue weighted by atomic mass is 19.3. The Morgan fingerprint density at radius 1 is 1.08 bits per heavy atom. The molecule has 6 heteroatoms. The number of carbonyl (C=O) groups excluding carboxylic acids is 1. The van der Waals surface area contributed by atoms with Crippen molar-refractivity contribution in [3.63, 3.8) is 0 Å². The van der Waals surface area contributed by atoms with Crippen LogP contribution in [0.2, 0.25) is 0 Å². The zero-order chi connectivity index (χ0) is 25.9. The number of alkyl halides is 2. The van der Waals surface area contributed by atoms with Crippen LogP contribution < -0.4 is 15.0 Å². The first-order valence-electron chi connectivity index (χ1n) is 13.1. The van der Waals surface area contributed by atoms with Crippen LogP contribution in [0.5, 0.6) is 5.75 Å². The summed E-state index contributed by atoms with van der Waals surface area (Å²) in [6.07, 6.45) is 1.68. The molecule has 0 saturated heterocycles. The van der Waals surface area contributed by atoms with Gasteiger partial charge in [-0.15, -0.1) is 0 Å². The molecule has 1 heterocycles. The molecular formula is C30H38F2N2O2. The van der Waals surface area contributed by atoms with E-state index in [2.05, 4.69) is 69.1 Å². The van der Waals surface area contributed by atoms with Crippen LogP contribution in [0.3, 0.4) is 0 Å². The van der Waals surface area contributed by atoms with Gasteiger partial charge in [-0.25, -0.2) is 8.78 Å². The Morgan fingerprint density at radius 2 is 1.75 bits per heavy atom. The highest BCUT2D eigenvalue weighted by Crippen LogP contribution is 2.71. The summed E-state index contributed by atoms with van der Waals surface area (Å²) in [5.74, 6) is 0.859. The Balaban J connectivity index is 1.27. The number of hydrogen-bond donors (Lipinski definition) is 1. The van der Waals surface area contributed by atoms with E-state index >= 15 is 0 Å². The predicted molar refractivity (Wildman–Crippen MR) is 140 cm³/mol. The van der Waals surface area contributed by atoms with Crippen LogP contribution in [0.1, 0.15) is 75.1 Å². The van der Waals surface area contributed by atoms with Gasteiger partial charge in [0.1, 0.15) is 11.4 Å². The van der Waals surface area contributed by atoms with Gasteiger partial charge in [0.25, 0.3) is 0 Å². The van der Waals surface area contributed by atoms with Gasteiger partial charge in [-0.05, 0) is 97.9 Å². The van der Waals surface area contributed by atoms with E-state index in [0.29, 0.717) is 25.7 Å². The smallest absolute Gasteiger partial charge is 0.244 e. The molecule has 1 aliphatic heterocycles. The van der Waals surface area contributed by atoms with Crippen LogP contribution in [-0.2, 0) is 17.8 Å². The van der Waals surface area contributed by atoms with Crippen molar-refractivity contribution in [3.8, 4) is 5.75 Å². The fraction of sp³-hybridized carbons (Fsp3) is 0.567. The molecule has 36 heavy (non-hydrogen) atoms. The Morgan fingerprint density at radius 3 is 2.36 bits per heavy atom. The molecule has 2 aromatic carbocycles. The number of nitrogens with one attached hydrogen (secondary N) is 1. The Bertz CT molecular complexity index is 1140. The third-order valence-electron chi connectivity index (χ3n) is 8.07. The Hall–Kier alpha value is -2.63. The molecule has 4 aliphatic rings. The zero-order valence-electron chi connectivity index (χ0n) is 22.1. The molecule has 3 fully saturated rings. The maximum atomic E-state index is 13.2. The molecule has 2 bridgehead atoms. The summed E-state index contributed by atoms with van der Waals surface area (Å²) in [6, 6.07) is 10.6. The second-order valence-electron chi connectivity index (χ2n) is 12.7. The third kappa shape index (κ3) is 4.71. The number of hydrogen-bond acceptors (Lipinski definition) is 3. The molecule has 3 aliphatic carbocycles. The lowest BCUT2D eigenvalue weighted by atomic mass is 9.41. The van der Waals surface area contributed by atoms with Gasteiger partial charge in [0.15, 0.2) is 0 Å². The molecule has 1 amide bonds. The molecule has 3 saturated carbocycles. The summed E-state index contributed by atoms with van der Waals surface area (Å²) in [7, 11) is 0. The van der Waals surface area contributed by atoms with Gasteiger partial charge < -0.3 is 15.0 Å². The lowest BCUT2D eigenvalue weighted by Gasteiger charge is -2.68. The number of amides is 1. The first-order valence-corrected chi connectivity index (χ1v) is 13.1. The quantitative estimate of drug-likeness (QED) is 0.460. The standard InChI is InChI=1S/C30H38F2N2O2/c1-19-11-23(12-20(2)26(19)33-25(35)14-28(3,4)5)34-10-6-7-21-13-24(9-8-22(21)15-34)36-30-16-29(17-30,18-30)27(31)32/h8-9,11-13,27H,6-7,10,14-18H2,1-5H3,(H,33,35). The molecule has 0 spiro atoms. The number of anilines is 2. The van der Waals surface area contributed by atoms with Crippen molar-refractivity contribution in [2.24, 2.45) is 10.8 Å². The fourth-order valence-corrected chi connectivity index (χ4v) is 6.36. The van der Waals surface area contributed by atoms with Crippen LogP contribution in [0.25, 0.3) is 0 Å². The molecule has 0 atom stereocenters. The van der Waals surface area contributed by atoms with Crippen LogP contribution in [-0.4, -0.2) is 24.5 Å². The topological polar surface area (TPSA) is 41.6 Å². The summed E-state index contributed by atoms with van der Waals surface area (Å²) in [5, 5.41) is 3.13. The number of aryl methyl sites for hydroxylation is 3. The second-order valence-corrected chi connectivity index (χ2v) is 12.7. The van der Waals surface area contributed by atoms with E-state index in [1.807, 2.05) is 6.07 Å². The van der Waals surface area contributed by atoms with Crippen molar-refractivity contribution in [3.05, 3.63) is 52.6 Å². The summed E-state index contributed by atoms with van der Waals surface area (Å²) < 4.78 is 32.6. The van der Waals surface area contributed by atoms with Crippen molar-refractivity contribution >= 4 is 17.3 Å². The SMILES string of the molecule is Cc1cc(N2CCCc3cc(OC45CC(C(F)F)(C4)C5)ccc3C2)cc(C)c1NC(=O)CC(C)(C)C. The molecule has 2 aromatic rings. The van der Waals surface area contributed by atoms with E-state index in [1.165, 1.54) is 11.1 Å². The maximum absolute atomic E-state index is 13.2. The lowest BCUT2D eigenvalue weighted by Crippen LogP contribution is -2.72. The first-order chi connectivity index (χ1) is 16.9. The molecular weight excluding hydrogens is 458 g/mol. The molecule has 194 valence electrons. The van der Waals surface area contributed by atoms with Crippen molar-refractivity contribution in [2.45, 2.75) is 91.7 Å². The van der Waals surface area contributed by atoms with Crippen LogP contribution in [0, 0.1) is 24.7 Å². The number of nitrogens with zero attached hydrogens (tertiary/aromatic N) is 1. The largest absolute Gasteiger partial charge is 0.487 e. The summed E-state index contributed by atoms with van der Waals surface area (Å²) in [5.41, 5.74) is 5.59. The number of benzene rings is 2. The van der Waals surface area contributed by atoms with Crippen LogP contribution >= 0.6 is 0 Å². The maximum Gasteiger partial charge on any atom is 0.244 e. The van der Waals surface area contributed by atoms with Crippen molar-refractivity contribution in [2.75, 3.05) is 16.8 Å². The average molecular weight is 497 g/mol. The minimum atomic E-state index is -2.23. The van der Waals surface area contributed by atoms with Gasteiger partial charge in [-0.2, -0.15) is 0 Å². The van der Waals surface area contributed by atoms with E-state index in [4.69, 9.17) is 4.74 Å². The molecule has 6 rings (SSSR count). The van der Waals surface area contributed by atoms with Gasteiger partial charge in [0.2, 0.25) is 12.3 Å². The van der Waals surface area contributed by atoms with Gasteiger partial charge in [0.05, 0.1) is 0 Å². The third-order valence-corrected chi connectivity index (χ3v) is 8.07. The summed E-state index contributed by atoms with van der Waals surface area (Å²) >= 11 is 0. The van der Waals surface area contributed by atoms with Crippen molar-refractivity contribution in [1.29, 1.82) is 0 Å². The minimum absolute atomic E-state index is 0.0476. The second kappa shape index (κ2) is 8.74. The molecule has 1 N–H and O–H groups in total. The summed E-state index contributed by atoms with van der Waals surface area (Å²) in [6.45, 7) is 12.1. The molecule has 0 unspecified atom stereocenters. The number of ether oxygens (including phenoxy) is 1. The van der Waals surface area contributed by atoms with E-state index in [0.717, 1.165) is 54.2 Å². The highest BCUT2D eigenvalue weighted by Gasteiger charge is 2.74. The highest BCUT2D eigenvalue weighted by molar-refractivity contribution is 5.93. The molecule has 0 aromatic heterocycles. The first kappa shape index (κ1) is 25.0. The number of fused-ring (bicyclic) bond motifs is 1. The van der Waals surface area contributed by atoms with Gasteiger partial charge >= 0.3 is 0 Å². The van der Waals surface area contributed by atoms with Crippen LogP contribution in [0.4, 0.5) is 20.2 Å².